The maximum absolute atomic E-state index is 13.0. The molecule has 0 aliphatic rings. The van der Waals surface area contributed by atoms with E-state index in [0.717, 1.165) is 12.1 Å². The average Bonchev–Trinajstić information content (AvgIpc) is 2.56. The van der Waals surface area contributed by atoms with E-state index in [4.69, 9.17) is 21.1 Å². The zero-order valence-corrected chi connectivity index (χ0v) is 14.1. The van der Waals surface area contributed by atoms with Gasteiger partial charge in [0.15, 0.2) is 6.10 Å². The molecular formula is C17H15ClF3NO3. The first kappa shape index (κ1) is 18.9. The van der Waals surface area contributed by atoms with Gasteiger partial charge in [0.1, 0.15) is 11.5 Å². The molecule has 1 unspecified atom stereocenters. The highest BCUT2D eigenvalue weighted by atomic mass is 35.5. The molecule has 2 aromatic carbocycles. The second kappa shape index (κ2) is 7.65. The molecule has 0 aromatic heterocycles. The number of carbonyl (C=O) groups is 1. The number of amides is 1. The molecule has 0 saturated heterocycles. The first-order valence-corrected chi connectivity index (χ1v) is 7.57. The maximum Gasteiger partial charge on any atom is 0.418 e. The molecule has 0 aliphatic carbocycles. The minimum atomic E-state index is -4.65. The van der Waals surface area contributed by atoms with Crippen LogP contribution in [0, 0.1) is 0 Å². The van der Waals surface area contributed by atoms with E-state index in [2.05, 4.69) is 5.32 Å². The number of ether oxygens (including phenoxy) is 2. The third-order valence-corrected chi connectivity index (χ3v) is 3.52. The van der Waals surface area contributed by atoms with Gasteiger partial charge in [0.2, 0.25) is 0 Å². The predicted molar refractivity (Wildman–Crippen MR) is 88.2 cm³/mol. The summed E-state index contributed by atoms with van der Waals surface area (Å²) in [5.41, 5.74) is -1.41. The van der Waals surface area contributed by atoms with E-state index in [1.165, 1.54) is 20.1 Å². The van der Waals surface area contributed by atoms with Crippen molar-refractivity contribution in [2.24, 2.45) is 0 Å². The van der Waals surface area contributed by atoms with Gasteiger partial charge in [-0.25, -0.2) is 0 Å². The second-order valence-electron chi connectivity index (χ2n) is 5.11. The van der Waals surface area contributed by atoms with E-state index in [1.54, 1.807) is 24.3 Å². The summed E-state index contributed by atoms with van der Waals surface area (Å²) in [6, 6.07) is 9.58. The quantitative estimate of drug-likeness (QED) is 0.821. The van der Waals surface area contributed by atoms with Crippen molar-refractivity contribution in [3.63, 3.8) is 0 Å². The van der Waals surface area contributed by atoms with Crippen molar-refractivity contribution in [2.75, 3.05) is 12.4 Å². The van der Waals surface area contributed by atoms with Crippen LogP contribution in [-0.4, -0.2) is 19.1 Å². The molecule has 1 amide bonds. The minimum absolute atomic E-state index is 0.0761. The third-order valence-electron chi connectivity index (χ3n) is 3.29. The molecule has 134 valence electrons. The molecule has 0 aliphatic heterocycles. The van der Waals surface area contributed by atoms with Crippen molar-refractivity contribution in [3.05, 3.63) is 53.1 Å². The van der Waals surface area contributed by atoms with Crippen LogP contribution in [0.2, 0.25) is 5.02 Å². The SMILES string of the molecule is COc1ccc(OC(C)C(=O)Nc2ccc(Cl)cc2C(F)(F)F)cc1. The first-order valence-electron chi connectivity index (χ1n) is 7.19. The fraction of sp³-hybridized carbons (Fsp3) is 0.235. The summed E-state index contributed by atoms with van der Waals surface area (Å²) in [6.45, 7) is 1.43. The van der Waals surface area contributed by atoms with Crippen LogP contribution in [0.5, 0.6) is 11.5 Å². The molecule has 1 atom stereocenters. The zero-order chi connectivity index (χ0) is 18.6. The number of carbonyl (C=O) groups excluding carboxylic acids is 1. The molecule has 2 aromatic rings. The number of rotatable bonds is 5. The third kappa shape index (κ3) is 5.03. The lowest BCUT2D eigenvalue weighted by atomic mass is 10.1. The molecule has 0 radical (unpaired) electrons. The van der Waals surface area contributed by atoms with Gasteiger partial charge < -0.3 is 14.8 Å². The number of hydrogen-bond donors (Lipinski definition) is 1. The smallest absolute Gasteiger partial charge is 0.418 e. The number of methoxy groups -OCH3 is 1. The number of benzene rings is 2. The predicted octanol–water partition coefficient (Wildman–Crippen LogP) is 4.77. The van der Waals surface area contributed by atoms with Gasteiger partial charge in [-0.15, -0.1) is 0 Å². The summed E-state index contributed by atoms with van der Waals surface area (Å²) >= 11 is 5.61. The van der Waals surface area contributed by atoms with E-state index in [1.807, 2.05) is 0 Å². The molecule has 4 nitrogen and oxygen atoms in total. The highest BCUT2D eigenvalue weighted by Gasteiger charge is 2.34. The Morgan fingerprint density at radius 1 is 1.12 bits per heavy atom. The van der Waals surface area contributed by atoms with Crippen LogP contribution < -0.4 is 14.8 Å². The summed E-state index contributed by atoms with van der Waals surface area (Å²) in [7, 11) is 1.51. The van der Waals surface area contributed by atoms with Gasteiger partial charge in [0, 0.05) is 5.02 Å². The van der Waals surface area contributed by atoms with Crippen LogP contribution in [0.3, 0.4) is 0 Å². The van der Waals surface area contributed by atoms with Gasteiger partial charge in [-0.2, -0.15) is 13.2 Å². The van der Waals surface area contributed by atoms with Crippen LogP contribution in [0.15, 0.2) is 42.5 Å². The second-order valence-corrected chi connectivity index (χ2v) is 5.55. The Labute approximate surface area is 147 Å². The number of nitrogens with one attached hydrogen (secondary N) is 1. The van der Waals surface area contributed by atoms with Gasteiger partial charge in [0.05, 0.1) is 18.4 Å². The highest BCUT2D eigenvalue weighted by molar-refractivity contribution is 6.30. The Morgan fingerprint density at radius 3 is 2.28 bits per heavy atom. The summed E-state index contributed by atoms with van der Waals surface area (Å²) in [5.74, 6) is 0.277. The Hall–Kier alpha value is -2.41. The molecule has 2 rings (SSSR count). The molecular weight excluding hydrogens is 359 g/mol. The van der Waals surface area contributed by atoms with E-state index >= 15 is 0 Å². The van der Waals surface area contributed by atoms with Gasteiger partial charge >= 0.3 is 6.18 Å². The Balaban J connectivity index is 2.10. The number of anilines is 1. The topological polar surface area (TPSA) is 47.6 Å². The maximum atomic E-state index is 13.0. The van der Waals surface area contributed by atoms with E-state index < -0.39 is 23.8 Å². The Kier molecular flexibility index (Phi) is 5.79. The Morgan fingerprint density at radius 2 is 1.72 bits per heavy atom. The molecule has 1 N–H and O–H groups in total. The van der Waals surface area contributed by atoms with Crippen molar-refractivity contribution >= 4 is 23.2 Å². The number of halogens is 4. The molecule has 0 saturated carbocycles. The number of alkyl halides is 3. The summed E-state index contributed by atoms with van der Waals surface area (Å²) in [6.07, 6.45) is -5.65. The molecule has 0 fully saturated rings. The van der Waals surface area contributed by atoms with Crippen LogP contribution in [0.4, 0.5) is 18.9 Å². The lowest BCUT2D eigenvalue weighted by molar-refractivity contribution is -0.137. The molecule has 8 heteroatoms. The van der Waals surface area contributed by atoms with E-state index in [0.29, 0.717) is 11.5 Å². The standard InChI is InChI=1S/C17H15ClF3NO3/c1-10(25-13-6-4-12(24-2)5-7-13)16(23)22-15-8-3-11(18)9-14(15)17(19,20)21/h3-10H,1-2H3,(H,22,23). The lowest BCUT2D eigenvalue weighted by Crippen LogP contribution is -2.31. The van der Waals surface area contributed by atoms with Crippen molar-refractivity contribution in [1.82, 2.24) is 0 Å². The molecule has 0 spiro atoms. The summed E-state index contributed by atoms with van der Waals surface area (Å²) in [4.78, 5) is 12.1. The lowest BCUT2D eigenvalue weighted by Gasteiger charge is -2.18. The fourth-order valence-corrected chi connectivity index (χ4v) is 2.18. The van der Waals surface area contributed by atoms with E-state index in [9.17, 15) is 18.0 Å². The van der Waals surface area contributed by atoms with Gasteiger partial charge in [-0.05, 0) is 49.4 Å². The van der Waals surface area contributed by atoms with Crippen molar-refractivity contribution < 1.29 is 27.4 Å². The van der Waals surface area contributed by atoms with Crippen molar-refractivity contribution in [2.45, 2.75) is 19.2 Å². The van der Waals surface area contributed by atoms with Crippen molar-refractivity contribution in [1.29, 1.82) is 0 Å². The first-order chi connectivity index (χ1) is 11.7. The van der Waals surface area contributed by atoms with Crippen LogP contribution in [-0.2, 0) is 11.0 Å². The monoisotopic (exact) mass is 373 g/mol. The summed E-state index contributed by atoms with van der Waals surface area (Å²) < 4.78 is 49.6. The fourth-order valence-electron chi connectivity index (χ4n) is 2.01. The highest BCUT2D eigenvalue weighted by Crippen LogP contribution is 2.36. The molecule has 0 heterocycles. The van der Waals surface area contributed by atoms with Gasteiger partial charge in [0.25, 0.3) is 5.91 Å². The van der Waals surface area contributed by atoms with E-state index in [-0.39, 0.29) is 10.7 Å². The largest absolute Gasteiger partial charge is 0.497 e. The number of hydrogen-bond acceptors (Lipinski definition) is 3. The normalized spacial score (nSPS) is 12.4. The van der Waals surface area contributed by atoms with Crippen LogP contribution >= 0.6 is 11.6 Å². The zero-order valence-electron chi connectivity index (χ0n) is 13.4. The Bertz CT molecular complexity index is 748. The minimum Gasteiger partial charge on any atom is -0.497 e. The van der Waals surface area contributed by atoms with Gasteiger partial charge in [-0.3, -0.25) is 4.79 Å². The van der Waals surface area contributed by atoms with Crippen molar-refractivity contribution in [3.8, 4) is 11.5 Å². The molecule has 0 bridgehead atoms. The summed E-state index contributed by atoms with van der Waals surface area (Å²) in [5, 5.41) is 2.14. The van der Waals surface area contributed by atoms with Crippen LogP contribution in [0.1, 0.15) is 12.5 Å². The van der Waals surface area contributed by atoms with Gasteiger partial charge in [-0.1, -0.05) is 11.6 Å². The van der Waals surface area contributed by atoms with Crippen LogP contribution in [0.25, 0.3) is 0 Å². The molecule has 25 heavy (non-hydrogen) atoms. The average molecular weight is 374 g/mol.